The lowest BCUT2D eigenvalue weighted by Crippen LogP contribution is -2.43. The Morgan fingerprint density at radius 1 is 1.16 bits per heavy atom. The Balaban J connectivity index is 1.72. The SMILES string of the molecule is CCCCN1C(=O)c2ccc(C(=O)NC3CCN(C)CC3)cc2C1=O. The Morgan fingerprint density at radius 3 is 2.52 bits per heavy atom. The number of carbonyl (C=O) groups is 3. The third-order valence-corrected chi connectivity index (χ3v) is 5.02. The molecule has 6 nitrogen and oxygen atoms in total. The molecule has 0 unspecified atom stereocenters. The van der Waals surface area contributed by atoms with Crippen molar-refractivity contribution in [2.45, 2.75) is 38.6 Å². The van der Waals surface area contributed by atoms with Crippen molar-refractivity contribution >= 4 is 17.7 Å². The van der Waals surface area contributed by atoms with Crippen LogP contribution in [0.25, 0.3) is 0 Å². The van der Waals surface area contributed by atoms with E-state index in [4.69, 9.17) is 0 Å². The van der Waals surface area contributed by atoms with E-state index in [0.717, 1.165) is 38.8 Å². The summed E-state index contributed by atoms with van der Waals surface area (Å²) < 4.78 is 0. The number of unbranched alkanes of at least 4 members (excludes halogenated alkanes) is 1. The average Bonchev–Trinajstić information content (AvgIpc) is 2.85. The first-order valence-corrected chi connectivity index (χ1v) is 9.01. The lowest BCUT2D eigenvalue weighted by Gasteiger charge is -2.29. The standard InChI is InChI=1S/C19H25N3O3/c1-3-4-9-22-18(24)15-6-5-13(12-16(15)19(22)25)17(23)20-14-7-10-21(2)11-8-14/h5-6,12,14H,3-4,7-11H2,1-2H3,(H,20,23). The molecule has 0 radical (unpaired) electrons. The normalized spacial score (nSPS) is 18.6. The van der Waals surface area contributed by atoms with Crippen LogP contribution in [0, 0.1) is 0 Å². The molecule has 3 amide bonds. The van der Waals surface area contributed by atoms with Gasteiger partial charge < -0.3 is 10.2 Å². The van der Waals surface area contributed by atoms with Gasteiger partial charge in [0.05, 0.1) is 11.1 Å². The number of nitrogens with one attached hydrogen (secondary N) is 1. The van der Waals surface area contributed by atoms with Crippen molar-refractivity contribution in [2.24, 2.45) is 0 Å². The number of piperidine rings is 1. The van der Waals surface area contributed by atoms with Gasteiger partial charge in [0.1, 0.15) is 0 Å². The number of imide groups is 1. The van der Waals surface area contributed by atoms with Crippen molar-refractivity contribution in [1.82, 2.24) is 15.1 Å². The van der Waals surface area contributed by atoms with E-state index in [9.17, 15) is 14.4 Å². The van der Waals surface area contributed by atoms with Crippen molar-refractivity contribution in [3.8, 4) is 0 Å². The fraction of sp³-hybridized carbons (Fsp3) is 0.526. The molecule has 0 aromatic heterocycles. The number of hydrogen-bond acceptors (Lipinski definition) is 4. The number of amides is 3. The largest absolute Gasteiger partial charge is 0.349 e. The molecule has 0 aliphatic carbocycles. The van der Waals surface area contributed by atoms with Gasteiger partial charge in [-0.05, 0) is 57.6 Å². The second-order valence-electron chi connectivity index (χ2n) is 6.93. The number of benzene rings is 1. The number of fused-ring (bicyclic) bond motifs is 1. The maximum Gasteiger partial charge on any atom is 0.261 e. The molecule has 3 rings (SSSR count). The van der Waals surface area contributed by atoms with E-state index in [1.165, 1.54) is 4.90 Å². The van der Waals surface area contributed by atoms with Crippen molar-refractivity contribution in [3.63, 3.8) is 0 Å². The average molecular weight is 343 g/mol. The lowest BCUT2D eigenvalue weighted by molar-refractivity contribution is 0.0652. The van der Waals surface area contributed by atoms with Crippen molar-refractivity contribution in [2.75, 3.05) is 26.7 Å². The van der Waals surface area contributed by atoms with E-state index < -0.39 is 0 Å². The Hall–Kier alpha value is -2.21. The smallest absolute Gasteiger partial charge is 0.261 e. The molecule has 1 saturated heterocycles. The highest BCUT2D eigenvalue weighted by molar-refractivity contribution is 6.22. The molecule has 1 aromatic rings. The van der Waals surface area contributed by atoms with Crippen LogP contribution in [0.3, 0.4) is 0 Å². The van der Waals surface area contributed by atoms with Crippen molar-refractivity contribution < 1.29 is 14.4 Å². The molecule has 0 atom stereocenters. The van der Waals surface area contributed by atoms with Crippen LogP contribution >= 0.6 is 0 Å². The summed E-state index contributed by atoms with van der Waals surface area (Å²) in [6, 6.07) is 4.96. The van der Waals surface area contributed by atoms with Crippen LogP contribution in [0.2, 0.25) is 0 Å². The molecule has 2 aliphatic heterocycles. The topological polar surface area (TPSA) is 69.7 Å². The van der Waals surface area contributed by atoms with E-state index in [1.54, 1.807) is 18.2 Å². The van der Waals surface area contributed by atoms with Crippen molar-refractivity contribution in [3.05, 3.63) is 34.9 Å². The van der Waals surface area contributed by atoms with Gasteiger partial charge in [-0.15, -0.1) is 0 Å². The van der Waals surface area contributed by atoms with Gasteiger partial charge in [0.2, 0.25) is 0 Å². The Kier molecular flexibility index (Phi) is 5.18. The first kappa shape index (κ1) is 17.6. The van der Waals surface area contributed by atoms with Gasteiger partial charge in [0.25, 0.3) is 17.7 Å². The highest BCUT2D eigenvalue weighted by Crippen LogP contribution is 2.24. The third-order valence-electron chi connectivity index (χ3n) is 5.02. The molecule has 134 valence electrons. The minimum Gasteiger partial charge on any atom is -0.349 e. The predicted octanol–water partition coefficient (Wildman–Crippen LogP) is 1.91. The molecule has 6 heteroatoms. The Morgan fingerprint density at radius 2 is 1.84 bits per heavy atom. The van der Waals surface area contributed by atoms with Gasteiger partial charge in [-0.1, -0.05) is 13.3 Å². The van der Waals surface area contributed by atoms with E-state index in [1.807, 2.05) is 6.92 Å². The molecule has 0 saturated carbocycles. The summed E-state index contributed by atoms with van der Waals surface area (Å²) in [5.41, 5.74) is 1.19. The van der Waals surface area contributed by atoms with Crippen LogP contribution in [-0.4, -0.2) is 60.2 Å². The number of likely N-dealkylation sites (tertiary alicyclic amines) is 1. The summed E-state index contributed by atoms with van der Waals surface area (Å²) in [5, 5.41) is 3.04. The summed E-state index contributed by atoms with van der Waals surface area (Å²) in [5.74, 6) is -0.720. The molecule has 2 heterocycles. The van der Waals surface area contributed by atoms with Gasteiger partial charge in [-0.25, -0.2) is 0 Å². The van der Waals surface area contributed by atoms with E-state index in [0.29, 0.717) is 23.2 Å². The number of rotatable bonds is 5. The monoisotopic (exact) mass is 343 g/mol. The minimum absolute atomic E-state index is 0.162. The van der Waals surface area contributed by atoms with E-state index >= 15 is 0 Å². The first-order chi connectivity index (χ1) is 12.0. The van der Waals surface area contributed by atoms with Gasteiger partial charge >= 0.3 is 0 Å². The van der Waals surface area contributed by atoms with Crippen molar-refractivity contribution in [1.29, 1.82) is 0 Å². The third kappa shape index (κ3) is 3.58. The van der Waals surface area contributed by atoms with Gasteiger partial charge in [0, 0.05) is 18.2 Å². The zero-order chi connectivity index (χ0) is 18.0. The van der Waals surface area contributed by atoms with Crippen LogP contribution in [0.5, 0.6) is 0 Å². The molecule has 1 fully saturated rings. The van der Waals surface area contributed by atoms with Gasteiger partial charge in [0.15, 0.2) is 0 Å². The maximum absolute atomic E-state index is 12.5. The van der Waals surface area contributed by atoms with Gasteiger partial charge in [-0.2, -0.15) is 0 Å². The Labute approximate surface area is 148 Å². The molecule has 1 N–H and O–H groups in total. The molecular formula is C19H25N3O3. The molecular weight excluding hydrogens is 318 g/mol. The zero-order valence-electron chi connectivity index (χ0n) is 14.9. The molecule has 0 bridgehead atoms. The van der Waals surface area contributed by atoms with Crippen LogP contribution in [0.1, 0.15) is 63.7 Å². The lowest BCUT2D eigenvalue weighted by atomic mass is 10.0. The summed E-state index contributed by atoms with van der Waals surface area (Å²) in [6.07, 6.45) is 3.55. The minimum atomic E-state index is -0.289. The van der Waals surface area contributed by atoms with Crippen LogP contribution in [0.15, 0.2) is 18.2 Å². The summed E-state index contributed by atoms with van der Waals surface area (Å²) in [7, 11) is 2.07. The molecule has 0 spiro atoms. The maximum atomic E-state index is 12.5. The van der Waals surface area contributed by atoms with Crippen LogP contribution < -0.4 is 5.32 Å². The van der Waals surface area contributed by atoms with Crippen LogP contribution in [-0.2, 0) is 0 Å². The summed E-state index contributed by atoms with van der Waals surface area (Å²) in [4.78, 5) is 40.9. The second kappa shape index (κ2) is 7.35. The highest BCUT2D eigenvalue weighted by Gasteiger charge is 2.35. The molecule has 2 aliphatic rings. The van der Waals surface area contributed by atoms with Crippen LogP contribution in [0.4, 0.5) is 0 Å². The van der Waals surface area contributed by atoms with Gasteiger partial charge in [-0.3, -0.25) is 19.3 Å². The first-order valence-electron chi connectivity index (χ1n) is 9.01. The molecule has 1 aromatic carbocycles. The Bertz CT molecular complexity index is 693. The predicted molar refractivity (Wildman–Crippen MR) is 94.7 cm³/mol. The number of nitrogens with zero attached hydrogens (tertiary/aromatic N) is 2. The quantitative estimate of drug-likeness (QED) is 0.829. The highest BCUT2D eigenvalue weighted by atomic mass is 16.2. The number of carbonyl (C=O) groups excluding carboxylic acids is 3. The van der Waals surface area contributed by atoms with E-state index in [2.05, 4.69) is 17.3 Å². The molecule has 25 heavy (non-hydrogen) atoms. The summed E-state index contributed by atoms with van der Waals surface area (Å²) >= 11 is 0. The number of hydrogen-bond donors (Lipinski definition) is 1. The zero-order valence-corrected chi connectivity index (χ0v) is 14.9. The fourth-order valence-electron chi connectivity index (χ4n) is 3.37. The summed E-state index contributed by atoms with van der Waals surface area (Å²) in [6.45, 7) is 4.38. The fourth-order valence-corrected chi connectivity index (χ4v) is 3.37. The second-order valence-corrected chi connectivity index (χ2v) is 6.93. The van der Waals surface area contributed by atoms with E-state index in [-0.39, 0.29) is 23.8 Å².